The molecule has 4 heteroatoms. The predicted octanol–water partition coefficient (Wildman–Crippen LogP) is 5.27. The largest absolute Gasteiger partial charge is 0.489 e. The summed E-state index contributed by atoms with van der Waals surface area (Å²) in [5, 5.41) is -0.143. The van der Waals surface area contributed by atoms with Crippen LogP contribution in [-0.4, -0.2) is 15.7 Å². The van der Waals surface area contributed by atoms with Gasteiger partial charge < -0.3 is 9.30 Å². The van der Waals surface area contributed by atoms with E-state index in [-0.39, 0.29) is 17.0 Å². The van der Waals surface area contributed by atoms with Crippen LogP contribution in [0.4, 0.5) is 0 Å². The van der Waals surface area contributed by atoms with Crippen LogP contribution in [0.25, 0.3) is 11.0 Å². The molecule has 2 aromatic rings. The number of ether oxygens (including phenoxy) is 1. The lowest BCUT2D eigenvalue weighted by atomic mass is 10.0. The molecule has 1 heterocycles. The Kier molecular flexibility index (Phi) is 4.52. The number of benzene rings is 1. The standard InChI is InChI=1S/C17H25ClN2O/c1-7-17(5,6)20-13-9-8-10-14(21-11(2)3)15(13)19-16(20)12(4)18/h8-12H,7H2,1-6H3. The van der Waals surface area contributed by atoms with Gasteiger partial charge in [-0.1, -0.05) is 13.0 Å². The Hall–Kier alpha value is -1.22. The molecular weight excluding hydrogens is 284 g/mol. The second-order valence-corrected chi connectivity index (χ2v) is 7.03. The topological polar surface area (TPSA) is 27.1 Å². The lowest BCUT2D eigenvalue weighted by molar-refractivity contribution is 0.245. The second-order valence-electron chi connectivity index (χ2n) is 6.38. The molecular formula is C17H25ClN2O. The Balaban J connectivity index is 2.74. The van der Waals surface area contributed by atoms with E-state index in [1.54, 1.807) is 0 Å². The van der Waals surface area contributed by atoms with Gasteiger partial charge in [0.1, 0.15) is 17.1 Å². The summed E-state index contributed by atoms with van der Waals surface area (Å²) in [6, 6.07) is 6.09. The molecule has 0 saturated carbocycles. The molecule has 21 heavy (non-hydrogen) atoms. The van der Waals surface area contributed by atoms with Gasteiger partial charge in [-0.2, -0.15) is 0 Å². The summed E-state index contributed by atoms with van der Waals surface area (Å²) in [4.78, 5) is 4.79. The van der Waals surface area contributed by atoms with Crippen molar-refractivity contribution >= 4 is 22.6 Å². The van der Waals surface area contributed by atoms with Crippen molar-refractivity contribution in [1.29, 1.82) is 0 Å². The highest BCUT2D eigenvalue weighted by Crippen LogP contribution is 2.36. The Labute approximate surface area is 132 Å². The van der Waals surface area contributed by atoms with Crippen molar-refractivity contribution in [2.24, 2.45) is 0 Å². The number of alkyl halides is 1. The predicted molar refractivity (Wildman–Crippen MR) is 89.4 cm³/mol. The Morgan fingerprint density at radius 3 is 2.48 bits per heavy atom. The van der Waals surface area contributed by atoms with E-state index in [9.17, 15) is 0 Å². The van der Waals surface area contributed by atoms with Gasteiger partial charge in [-0.05, 0) is 53.2 Å². The fourth-order valence-electron chi connectivity index (χ4n) is 2.50. The van der Waals surface area contributed by atoms with Gasteiger partial charge in [0.25, 0.3) is 0 Å². The molecule has 116 valence electrons. The third-order valence-corrected chi connectivity index (χ3v) is 4.06. The van der Waals surface area contributed by atoms with Crippen LogP contribution in [0.5, 0.6) is 5.75 Å². The number of halogens is 1. The Bertz CT molecular complexity index is 629. The Morgan fingerprint density at radius 1 is 1.29 bits per heavy atom. The van der Waals surface area contributed by atoms with Crippen LogP contribution in [0.3, 0.4) is 0 Å². The van der Waals surface area contributed by atoms with E-state index in [0.29, 0.717) is 0 Å². The summed E-state index contributed by atoms with van der Waals surface area (Å²) in [6.45, 7) is 12.6. The van der Waals surface area contributed by atoms with Crippen molar-refractivity contribution in [2.75, 3.05) is 0 Å². The van der Waals surface area contributed by atoms with Gasteiger partial charge in [-0.15, -0.1) is 11.6 Å². The maximum Gasteiger partial charge on any atom is 0.147 e. The van der Waals surface area contributed by atoms with E-state index >= 15 is 0 Å². The molecule has 1 atom stereocenters. The zero-order valence-corrected chi connectivity index (χ0v) is 14.5. The summed E-state index contributed by atoms with van der Waals surface area (Å²) < 4.78 is 8.16. The third kappa shape index (κ3) is 3.03. The molecule has 0 amide bonds. The maximum atomic E-state index is 6.38. The van der Waals surface area contributed by atoms with Crippen LogP contribution >= 0.6 is 11.6 Å². The number of nitrogens with zero attached hydrogens (tertiary/aromatic N) is 2. The van der Waals surface area contributed by atoms with E-state index in [1.165, 1.54) is 0 Å². The number of imidazole rings is 1. The number of para-hydroxylation sites is 1. The van der Waals surface area contributed by atoms with Gasteiger partial charge in [0, 0.05) is 5.54 Å². The van der Waals surface area contributed by atoms with Gasteiger partial charge in [0.2, 0.25) is 0 Å². The summed E-state index contributed by atoms with van der Waals surface area (Å²) in [7, 11) is 0. The zero-order chi connectivity index (χ0) is 15.8. The van der Waals surface area contributed by atoms with Crippen LogP contribution in [0.2, 0.25) is 0 Å². The molecule has 0 saturated heterocycles. The third-order valence-electron chi connectivity index (χ3n) is 3.86. The monoisotopic (exact) mass is 308 g/mol. The van der Waals surface area contributed by atoms with E-state index in [4.69, 9.17) is 21.3 Å². The number of hydrogen-bond donors (Lipinski definition) is 0. The highest BCUT2D eigenvalue weighted by molar-refractivity contribution is 6.20. The average Bonchev–Trinajstić information content (AvgIpc) is 2.79. The van der Waals surface area contributed by atoms with Gasteiger partial charge >= 0.3 is 0 Å². The highest BCUT2D eigenvalue weighted by atomic mass is 35.5. The number of hydrogen-bond acceptors (Lipinski definition) is 2. The summed E-state index contributed by atoms with van der Waals surface area (Å²) in [5.74, 6) is 1.73. The molecule has 0 fully saturated rings. The van der Waals surface area contributed by atoms with Gasteiger partial charge in [-0.3, -0.25) is 0 Å². The highest BCUT2D eigenvalue weighted by Gasteiger charge is 2.27. The molecule has 2 rings (SSSR count). The molecule has 0 aliphatic rings. The van der Waals surface area contributed by atoms with E-state index in [1.807, 2.05) is 32.9 Å². The van der Waals surface area contributed by atoms with E-state index in [0.717, 1.165) is 29.0 Å². The van der Waals surface area contributed by atoms with Crippen molar-refractivity contribution < 1.29 is 4.74 Å². The Morgan fingerprint density at radius 2 is 1.95 bits per heavy atom. The molecule has 1 unspecified atom stereocenters. The molecule has 0 N–H and O–H groups in total. The lowest BCUT2D eigenvalue weighted by Gasteiger charge is -2.28. The number of fused-ring (bicyclic) bond motifs is 1. The van der Waals surface area contributed by atoms with Crippen molar-refractivity contribution in [3.63, 3.8) is 0 Å². The van der Waals surface area contributed by atoms with Crippen LogP contribution < -0.4 is 4.74 Å². The SMILES string of the molecule is CCC(C)(C)n1c(C(C)Cl)nc2c(OC(C)C)cccc21. The zero-order valence-electron chi connectivity index (χ0n) is 13.8. The van der Waals surface area contributed by atoms with Crippen LogP contribution in [0.15, 0.2) is 18.2 Å². The first-order valence-electron chi connectivity index (χ1n) is 7.60. The first kappa shape index (κ1) is 16.2. The summed E-state index contributed by atoms with van der Waals surface area (Å²) >= 11 is 6.38. The van der Waals surface area contributed by atoms with E-state index in [2.05, 4.69) is 31.4 Å². The molecule has 1 aromatic heterocycles. The van der Waals surface area contributed by atoms with Crippen LogP contribution in [-0.2, 0) is 5.54 Å². The van der Waals surface area contributed by atoms with Gasteiger partial charge in [-0.25, -0.2) is 4.98 Å². The van der Waals surface area contributed by atoms with Crippen molar-refractivity contribution in [3.05, 3.63) is 24.0 Å². The molecule has 0 radical (unpaired) electrons. The first-order chi connectivity index (χ1) is 9.77. The second kappa shape index (κ2) is 5.88. The number of rotatable bonds is 5. The number of aromatic nitrogens is 2. The van der Waals surface area contributed by atoms with Crippen LogP contribution in [0, 0.1) is 0 Å². The quantitative estimate of drug-likeness (QED) is 0.704. The molecule has 0 aliphatic carbocycles. The fourth-order valence-corrected chi connectivity index (χ4v) is 2.65. The van der Waals surface area contributed by atoms with Crippen LogP contribution in [0.1, 0.15) is 59.2 Å². The minimum atomic E-state index is -0.143. The normalized spacial score (nSPS) is 13.9. The molecule has 0 aliphatic heterocycles. The lowest BCUT2D eigenvalue weighted by Crippen LogP contribution is -2.27. The van der Waals surface area contributed by atoms with Crippen molar-refractivity contribution in [3.8, 4) is 5.75 Å². The molecule has 3 nitrogen and oxygen atoms in total. The fraction of sp³-hybridized carbons (Fsp3) is 0.588. The molecule has 0 spiro atoms. The van der Waals surface area contributed by atoms with Crippen molar-refractivity contribution in [2.45, 2.75) is 65.0 Å². The first-order valence-corrected chi connectivity index (χ1v) is 8.04. The smallest absolute Gasteiger partial charge is 0.147 e. The van der Waals surface area contributed by atoms with Gasteiger partial charge in [0.15, 0.2) is 0 Å². The summed E-state index contributed by atoms with van der Waals surface area (Å²) in [5.41, 5.74) is 1.95. The minimum Gasteiger partial charge on any atom is -0.489 e. The maximum absolute atomic E-state index is 6.38. The minimum absolute atomic E-state index is 0.0380. The van der Waals surface area contributed by atoms with Crippen molar-refractivity contribution in [1.82, 2.24) is 9.55 Å². The average molecular weight is 309 g/mol. The molecule has 0 bridgehead atoms. The summed E-state index contributed by atoms with van der Waals surface area (Å²) in [6.07, 6.45) is 1.13. The van der Waals surface area contributed by atoms with E-state index < -0.39 is 0 Å². The molecule has 1 aromatic carbocycles. The van der Waals surface area contributed by atoms with Gasteiger partial charge in [0.05, 0.1) is 17.0 Å².